The van der Waals surface area contributed by atoms with Crippen molar-refractivity contribution in [1.29, 1.82) is 0 Å². The van der Waals surface area contributed by atoms with Crippen LogP contribution in [-0.4, -0.2) is 31.2 Å². The lowest BCUT2D eigenvalue weighted by atomic mass is 10.1. The molecule has 6 heteroatoms. The van der Waals surface area contributed by atoms with Crippen LogP contribution in [0.15, 0.2) is 17.8 Å². The van der Waals surface area contributed by atoms with Crippen LogP contribution in [0.1, 0.15) is 25.1 Å². The Hall–Kier alpha value is -1.40. The van der Waals surface area contributed by atoms with Gasteiger partial charge >= 0.3 is 0 Å². The van der Waals surface area contributed by atoms with Crippen molar-refractivity contribution in [2.45, 2.75) is 20.3 Å². The zero-order valence-corrected chi connectivity index (χ0v) is 12.7. The van der Waals surface area contributed by atoms with Crippen molar-refractivity contribution in [2.24, 2.45) is 5.92 Å². The number of ether oxygens (including phenoxy) is 1. The molecule has 1 fully saturated rings. The van der Waals surface area contributed by atoms with Crippen LogP contribution >= 0.6 is 11.3 Å². The van der Waals surface area contributed by atoms with Crippen LogP contribution in [0.25, 0.3) is 6.08 Å². The second-order valence-electron chi connectivity index (χ2n) is 5.27. The van der Waals surface area contributed by atoms with Crippen LogP contribution in [0, 0.1) is 16.0 Å². The lowest BCUT2D eigenvalue weighted by Gasteiger charge is -2.27. The predicted molar refractivity (Wildman–Crippen MR) is 81.8 cm³/mol. The molecule has 1 aromatic heterocycles. The first-order valence-electron chi connectivity index (χ1n) is 6.83. The van der Waals surface area contributed by atoms with Gasteiger partial charge in [0.05, 0.1) is 23.1 Å². The molecule has 0 aromatic carbocycles. The Bertz CT molecular complexity index is 490. The Morgan fingerprint density at radius 2 is 2.20 bits per heavy atom. The maximum absolute atomic E-state index is 11.1. The lowest BCUT2D eigenvalue weighted by molar-refractivity contribution is -0.427. The molecule has 0 bridgehead atoms. The summed E-state index contributed by atoms with van der Waals surface area (Å²) in [5.74, 6) is 0.283. The Labute approximate surface area is 123 Å². The molecule has 0 unspecified atom stereocenters. The van der Waals surface area contributed by atoms with Gasteiger partial charge < -0.3 is 9.64 Å². The van der Waals surface area contributed by atoms with E-state index < -0.39 is 0 Å². The number of thiophene rings is 1. The fraction of sp³-hybridized carbons (Fsp3) is 0.571. The van der Waals surface area contributed by atoms with Gasteiger partial charge in [-0.25, -0.2) is 0 Å². The van der Waals surface area contributed by atoms with Crippen molar-refractivity contribution in [3.8, 4) is 0 Å². The molecule has 110 valence electrons. The van der Waals surface area contributed by atoms with Crippen molar-refractivity contribution in [2.75, 3.05) is 31.2 Å². The molecule has 5 nitrogen and oxygen atoms in total. The second-order valence-corrected chi connectivity index (χ2v) is 6.36. The van der Waals surface area contributed by atoms with Gasteiger partial charge in [-0.3, -0.25) is 10.1 Å². The van der Waals surface area contributed by atoms with E-state index in [9.17, 15) is 10.1 Å². The van der Waals surface area contributed by atoms with Crippen molar-refractivity contribution in [3.63, 3.8) is 0 Å². The number of allylic oxidation sites excluding steroid dienone is 1. The maximum Gasteiger partial charge on any atom is 0.247 e. The fourth-order valence-corrected chi connectivity index (χ4v) is 3.16. The van der Waals surface area contributed by atoms with Crippen LogP contribution in [-0.2, 0) is 4.74 Å². The number of hydrogen-bond acceptors (Lipinski definition) is 5. The summed E-state index contributed by atoms with van der Waals surface area (Å²) in [6, 6.07) is 3.99. The van der Waals surface area contributed by atoms with Gasteiger partial charge in [0, 0.05) is 30.5 Å². The quantitative estimate of drug-likeness (QED) is 0.618. The number of nitrogens with zero attached hydrogens (tertiary/aromatic N) is 2. The van der Waals surface area contributed by atoms with Crippen LogP contribution in [0.2, 0.25) is 0 Å². The minimum Gasteiger partial charge on any atom is -0.378 e. The normalized spacial score (nSPS) is 16.8. The van der Waals surface area contributed by atoms with Gasteiger partial charge in [-0.2, -0.15) is 0 Å². The average Bonchev–Trinajstić information content (AvgIpc) is 2.87. The number of rotatable bonds is 5. The Morgan fingerprint density at radius 3 is 2.80 bits per heavy atom. The largest absolute Gasteiger partial charge is 0.378 e. The van der Waals surface area contributed by atoms with Gasteiger partial charge in [0.2, 0.25) is 5.70 Å². The summed E-state index contributed by atoms with van der Waals surface area (Å²) in [7, 11) is 0. The molecule has 1 aromatic rings. The van der Waals surface area contributed by atoms with Gasteiger partial charge in [-0.1, -0.05) is 13.8 Å². The summed E-state index contributed by atoms with van der Waals surface area (Å²) in [4.78, 5) is 14.0. The molecule has 2 rings (SSSR count). The minimum atomic E-state index is -0.270. The molecule has 0 aliphatic carbocycles. The van der Waals surface area contributed by atoms with E-state index in [0.29, 0.717) is 6.42 Å². The van der Waals surface area contributed by atoms with Crippen LogP contribution in [0.4, 0.5) is 5.00 Å². The van der Waals surface area contributed by atoms with E-state index in [1.54, 1.807) is 17.4 Å². The molecule has 0 saturated carbocycles. The number of nitro groups is 1. The standard InChI is InChI=1S/C14H20N2O3S/c1-11(2)9-12(16(17)18)10-13-3-4-14(20-13)15-5-7-19-8-6-15/h3-4,10-11H,5-9H2,1-2H3. The highest BCUT2D eigenvalue weighted by Crippen LogP contribution is 2.29. The van der Waals surface area contributed by atoms with E-state index in [-0.39, 0.29) is 16.5 Å². The molecule has 20 heavy (non-hydrogen) atoms. The van der Waals surface area contributed by atoms with Crippen molar-refractivity contribution < 1.29 is 9.66 Å². The van der Waals surface area contributed by atoms with E-state index in [1.807, 2.05) is 26.0 Å². The van der Waals surface area contributed by atoms with E-state index in [2.05, 4.69) is 4.90 Å². The molecule has 0 spiro atoms. The molecule has 0 radical (unpaired) electrons. The topological polar surface area (TPSA) is 55.6 Å². The minimum absolute atomic E-state index is 0.270. The highest BCUT2D eigenvalue weighted by atomic mass is 32.1. The van der Waals surface area contributed by atoms with Gasteiger partial charge in [0.25, 0.3) is 0 Å². The van der Waals surface area contributed by atoms with Crippen LogP contribution in [0.3, 0.4) is 0 Å². The Morgan fingerprint density at radius 1 is 1.50 bits per heavy atom. The first-order chi connectivity index (χ1) is 9.56. The molecular weight excluding hydrogens is 276 g/mol. The molecule has 2 heterocycles. The average molecular weight is 296 g/mol. The summed E-state index contributed by atoms with van der Waals surface area (Å²) in [6.45, 7) is 7.25. The molecule has 0 amide bonds. The lowest BCUT2D eigenvalue weighted by Crippen LogP contribution is -2.35. The van der Waals surface area contributed by atoms with E-state index in [1.165, 1.54) is 0 Å². The molecule has 1 saturated heterocycles. The smallest absolute Gasteiger partial charge is 0.247 e. The third-order valence-corrected chi connectivity index (χ3v) is 4.19. The van der Waals surface area contributed by atoms with Crippen molar-refractivity contribution in [3.05, 3.63) is 32.8 Å². The first kappa shape index (κ1) is 15.0. The molecule has 0 N–H and O–H groups in total. The zero-order valence-electron chi connectivity index (χ0n) is 11.9. The predicted octanol–water partition coefficient (Wildman–Crippen LogP) is 3.25. The van der Waals surface area contributed by atoms with Gasteiger partial charge in [0.1, 0.15) is 0 Å². The summed E-state index contributed by atoms with van der Waals surface area (Å²) in [5.41, 5.74) is 0.287. The summed E-state index contributed by atoms with van der Waals surface area (Å²) < 4.78 is 5.33. The molecule has 1 aliphatic rings. The number of morpholine rings is 1. The SMILES string of the molecule is CC(C)CC(=Cc1ccc(N2CCOCC2)s1)[N+](=O)[O-]. The molecule has 1 aliphatic heterocycles. The van der Waals surface area contributed by atoms with Crippen LogP contribution < -0.4 is 4.90 Å². The third kappa shape index (κ3) is 4.05. The van der Waals surface area contributed by atoms with E-state index in [0.717, 1.165) is 36.2 Å². The van der Waals surface area contributed by atoms with E-state index in [4.69, 9.17) is 4.74 Å². The van der Waals surface area contributed by atoms with Gasteiger partial charge in [0.15, 0.2) is 0 Å². The summed E-state index contributed by atoms with van der Waals surface area (Å²) in [5, 5.41) is 12.2. The molecular formula is C14H20N2O3S. The highest BCUT2D eigenvalue weighted by molar-refractivity contribution is 7.16. The monoisotopic (exact) mass is 296 g/mol. The summed E-state index contributed by atoms with van der Waals surface area (Å²) >= 11 is 1.60. The van der Waals surface area contributed by atoms with Crippen molar-refractivity contribution in [1.82, 2.24) is 0 Å². The number of anilines is 1. The first-order valence-corrected chi connectivity index (χ1v) is 7.65. The van der Waals surface area contributed by atoms with Gasteiger partial charge in [-0.05, 0) is 18.1 Å². The summed E-state index contributed by atoms with van der Waals surface area (Å²) in [6.07, 6.45) is 2.20. The van der Waals surface area contributed by atoms with Gasteiger partial charge in [-0.15, -0.1) is 11.3 Å². The van der Waals surface area contributed by atoms with Crippen molar-refractivity contribution >= 4 is 22.4 Å². The van der Waals surface area contributed by atoms with E-state index >= 15 is 0 Å². The fourth-order valence-electron chi connectivity index (χ4n) is 2.14. The zero-order chi connectivity index (χ0) is 14.5. The maximum atomic E-state index is 11.1. The highest BCUT2D eigenvalue weighted by Gasteiger charge is 2.16. The van der Waals surface area contributed by atoms with Crippen LogP contribution in [0.5, 0.6) is 0 Å². The second kappa shape index (κ2) is 6.85. The Kier molecular flexibility index (Phi) is 5.14. The number of hydrogen-bond donors (Lipinski definition) is 0. The third-order valence-electron chi connectivity index (χ3n) is 3.10. The Balaban J connectivity index is 2.12. The molecule has 0 atom stereocenters.